The molecule has 84 valence electrons. The molecule has 0 saturated heterocycles. The van der Waals surface area contributed by atoms with Crippen molar-refractivity contribution in [2.75, 3.05) is 0 Å². The first kappa shape index (κ1) is 10.6. The summed E-state index contributed by atoms with van der Waals surface area (Å²) in [5.41, 5.74) is 1.18. The third-order valence-corrected chi connectivity index (χ3v) is 3.06. The second-order valence-electron chi connectivity index (χ2n) is 4.36. The predicted octanol–water partition coefficient (Wildman–Crippen LogP) is 0.813. The van der Waals surface area contributed by atoms with Crippen LogP contribution in [-0.2, 0) is 13.6 Å². The normalized spacial score (nSPS) is 26.8. The minimum atomic E-state index is -0.171. The van der Waals surface area contributed by atoms with Crippen LogP contribution in [-0.4, -0.2) is 27.0 Å². The predicted molar refractivity (Wildman–Crippen MR) is 58.3 cm³/mol. The highest BCUT2D eigenvalue weighted by atomic mass is 16.3. The molecule has 1 fully saturated rings. The van der Waals surface area contributed by atoms with E-state index in [0.29, 0.717) is 0 Å². The van der Waals surface area contributed by atoms with E-state index in [2.05, 4.69) is 10.4 Å². The number of hydrogen-bond acceptors (Lipinski definition) is 3. The molecule has 1 aromatic heterocycles. The Morgan fingerprint density at radius 2 is 2.33 bits per heavy atom. The largest absolute Gasteiger partial charge is 0.392 e. The molecule has 1 aliphatic rings. The molecule has 2 N–H and O–H groups in total. The lowest BCUT2D eigenvalue weighted by Gasteiger charge is -2.28. The summed E-state index contributed by atoms with van der Waals surface area (Å²) in [5.74, 6) is 0. The molecule has 1 aromatic rings. The topological polar surface area (TPSA) is 50.1 Å². The van der Waals surface area contributed by atoms with Gasteiger partial charge in [-0.25, -0.2) is 0 Å². The summed E-state index contributed by atoms with van der Waals surface area (Å²) in [4.78, 5) is 0. The lowest BCUT2D eigenvalue weighted by Crippen LogP contribution is -2.41. The van der Waals surface area contributed by atoms with Gasteiger partial charge in [-0.15, -0.1) is 0 Å². The van der Waals surface area contributed by atoms with Gasteiger partial charge in [-0.2, -0.15) is 5.10 Å². The molecule has 0 amide bonds. The van der Waals surface area contributed by atoms with Crippen molar-refractivity contribution < 1.29 is 5.11 Å². The SMILES string of the molecule is Cn1cc(CN[C@H]2CCCC[C@@H]2O)cn1. The minimum absolute atomic E-state index is 0.171. The molecule has 0 aliphatic heterocycles. The summed E-state index contributed by atoms with van der Waals surface area (Å²) in [7, 11) is 1.92. The van der Waals surface area contributed by atoms with Crippen molar-refractivity contribution >= 4 is 0 Å². The van der Waals surface area contributed by atoms with Gasteiger partial charge in [-0.3, -0.25) is 4.68 Å². The van der Waals surface area contributed by atoms with Crippen LogP contribution in [0.1, 0.15) is 31.2 Å². The van der Waals surface area contributed by atoms with Gasteiger partial charge in [-0.05, 0) is 12.8 Å². The number of aryl methyl sites for hydroxylation is 1. The Hall–Kier alpha value is -0.870. The summed E-state index contributed by atoms with van der Waals surface area (Å²) in [5, 5.41) is 17.3. The highest BCUT2D eigenvalue weighted by Gasteiger charge is 2.22. The van der Waals surface area contributed by atoms with Crippen molar-refractivity contribution in [2.24, 2.45) is 7.05 Å². The van der Waals surface area contributed by atoms with E-state index in [-0.39, 0.29) is 12.1 Å². The van der Waals surface area contributed by atoms with Gasteiger partial charge in [0.15, 0.2) is 0 Å². The van der Waals surface area contributed by atoms with E-state index in [1.807, 2.05) is 19.4 Å². The summed E-state index contributed by atoms with van der Waals surface area (Å²) < 4.78 is 1.80. The molecule has 0 radical (unpaired) electrons. The molecule has 0 unspecified atom stereocenters. The molecule has 4 nitrogen and oxygen atoms in total. The number of aliphatic hydroxyl groups excluding tert-OH is 1. The van der Waals surface area contributed by atoms with Crippen molar-refractivity contribution in [3.63, 3.8) is 0 Å². The fourth-order valence-electron chi connectivity index (χ4n) is 2.16. The summed E-state index contributed by atoms with van der Waals surface area (Å²) in [6, 6.07) is 0.263. The Morgan fingerprint density at radius 1 is 1.53 bits per heavy atom. The zero-order valence-corrected chi connectivity index (χ0v) is 9.19. The zero-order chi connectivity index (χ0) is 10.7. The smallest absolute Gasteiger partial charge is 0.0693 e. The van der Waals surface area contributed by atoms with Crippen molar-refractivity contribution in [3.05, 3.63) is 18.0 Å². The van der Waals surface area contributed by atoms with Crippen LogP contribution in [0.25, 0.3) is 0 Å². The van der Waals surface area contributed by atoms with E-state index >= 15 is 0 Å². The van der Waals surface area contributed by atoms with E-state index in [9.17, 15) is 5.11 Å². The second kappa shape index (κ2) is 4.77. The molecule has 1 saturated carbocycles. The summed E-state index contributed by atoms with van der Waals surface area (Å²) in [6.07, 6.45) is 8.10. The first-order valence-electron chi connectivity index (χ1n) is 5.64. The molecule has 1 aliphatic carbocycles. The van der Waals surface area contributed by atoms with Crippen LogP contribution < -0.4 is 5.32 Å². The van der Waals surface area contributed by atoms with Crippen LogP contribution >= 0.6 is 0 Å². The van der Waals surface area contributed by atoms with Gasteiger partial charge in [0.25, 0.3) is 0 Å². The van der Waals surface area contributed by atoms with Gasteiger partial charge in [0, 0.05) is 31.4 Å². The maximum atomic E-state index is 9.77. The Labute approximate surface area is 90.3 Å². The van der Waals surface area contributed by atoms with Gasteiger partial charge < -0.3 is 10.4 Å². The van der Waals surface area contributed by atoms with Crippen molar-refractivity contribution in [1.82, 2.24) is 15.1 Å². The van der Waals surface area contributed by atoms with Crippen LogP contribution in [0.2, 0.25) is 0 Å². The number of aliphatic hydroxyl groups is 1. The van der Waals surface area contributed by atoms with Crippen LogP contribution in [0, 0.1) is 0 Å². The number of nitrogens with zero attached hydrogens (tertiary/aromatic N) is 2. The van der Waals surface area contributed by atoms with Crippen LogP contribution in [0.15, 0.2) is 12.4 Å². The van der Waals surface area contributed by atoms with E-state index in [0.717, 1.165) is 25.8 Å². The highest BCUT2D eigenvalue weighted by Crippen LogP contribution is 2.18. The molecule has 15 heavy (non-hydrogen) atoms. The summed E-state index contributed by atoms with van der Waals surface area (Å²) >= 11 is 0. The van der Waals surface area contributed by atoms with Crippen LogP contribution in [0.3, 0.4) is 0 Å². The quantitative estimate of drug-likeness (QED) is 0.774. The van der Waals surface area contributed by atoms with Crippen LogP contribution in [0.5, 0.6) is 0 Å². The average molecular weight is 209 g/mol. The Balaban J connectivity index is 1.81. The number of rotatable bonds is 3. The summed E-state index contributed by atoms with van der Waals surface area (Å²) in [6.45, 7) is 0.801. The molecule has 0 bridgehead atoms. The first-order valence-corrected chi connectivity index (χ1v) is 5.64. The fraction of sp³-hybridized carbons (Fsp3) is 0.727. The lowest BCUT2D eigenvalue weighted by atomic mass is 9.92. The minimum Gasteiger partial charge on any atom is -0.392 e. The molecule has 0 aromatic carbocycles. The number of nitrogens with one attached hydrogen (secondary N) is 1. The van der Waals surface area contributed by atoms with Crippen molar-refractivity contribution in [1.29, 1.82) is 0 Å². The molecule has 4 heteroatoms. The van der Waals surface area contributed by atoms with Crippen molar-refractivity contribution in [2.45, 2.75) is 44.4 Å². The first-order chi connectivity index (χ1) is 7.25. The maximum absolute atomic E-state index is 9.77. The molecule has 0 spiro atoms. The van der Waals surface area contributed by atoms with Crippen molar-refractivity contribution in [3.8, 4) is 0 Å². The van der Waals surface area contributed by atoms with Gasteiger partial charge in [0.1, 0.15) is 0 Å². The Morgan fingerprint density at radius 3 is 3.00 bits per heavy atom. The fourth-order valence-corrected chi connectivity index (χ4v) is 2.16. The van der Waals surface area contributed by atoms with Gasteiger partial charge >= 0.3 is 0 Å². The lowest BCUT2D eigenvalue weighted by molar-refractivity contribution is 0.0902. The van der Waals surface area contributed by atoms with E-state index < -0.39 is 0 Å². The highest BCUT2D eigenvalue weighted by molar-refractivity contribution is 5.03. The molecular weight excluding hydrogens is 190 g/mol. The average Bonchev–Trinajstić information content (AvgIpc) is 2.63. The van der Waals surface area contributed by atoms with Gasteiger partial charge in [0.05, 0.1) is 12.3 Å². The van der Waals surface area contributed by atoms with Crippen LogP contribution in [0.4, 0.5) is 0 Å². The van der Waals surface area contributed by atoms with E-state index in [1.165, 1.54) is 12.0 Å². The third-order valence-electron chi connectivity index (χ3n) is 3.06. The Bertz CT molecular complexity index is 311. The van der Waals surface area contributed by atoms with E-state index in [4.69, 9.17) is 0 Å². The second-order valence-corrected chi connectivity index (χ2v) is 4.36. The maximum Gasteiger partial charge on any atom is 0.0693 e. The molecule has 2 rings (SSSR count). The third kappa shape index (κ3) is 2.79. The van der Waals surface area contributed by atoms with Gasteiger partial charge in [-0.1, -0.05) is 12.8 Å². The van der Waals surface area contributed by atoms with Gasteiger partial charge in [0.2, 0.25) is 0 Å². The Kier molecular flexibility index (Phi) is 3.38. The molecular formula is C11H19N3O. The van der Waals surface area contributed by atoms with E-state index in [1.54, 1.807) is 4.68 Å². The molecule has 1 heterocycles. The molecule has 2 atom stereocenters. The standard InChI is InChI=1S/C11H19N3O/c1-14-8-9(7-13-14)6-12-10-4-2-3-5-11(10)15/h7-8,10-12,15H,2-6H2,1H3/t10-,11-/m0/s1. The monoisotopic (exact) mass is 209 g/mol. The number of aromatic nitrogens is 2. The zero-order valence-electron chi connectivity index (χ0n) is 9.19. The number of hydrogen-bond donors (Lipinski definition) is 2.